The van der Waals surface area contributed by atoms with E-state index in [4.69, 9.17) is 0 Å². The molecule has 0 aliphatic carbocycles. The van der Waals surface area contributed by atoms with Crippen LogP contribution in [0.2, 0.25) is 0 Å². The van der Waals surface area contributed by atoms with Gasteiger partial charge in [-0.2, -0.15) is 0 Å². The Morgan fingerprint density at radius 1 is 0.692 bits per heavy atom. The highest BCUT2D eigenvalue weighted by molar-refractivity contribution is 6.10. The van der Waals surface area contributed by atoms with Crippen molar-refractivity contribution < 1.29 is 20.1 Å². The van der Waals surface area contributed by atoms with Crippen molar-refractivity contribution in [2.75, 3.05) is 0 Å². The van der Waals surface area contributed by atoms with Gasteiger partial charge >= 0.3 is 0 Å². The van der Waals surface area contributed by atoms with Crippen LogP contribution in [0.25, 0.3) is 0 Å². The number of ketones is 1. The largest absolute Gasteiger partial charge is 0.386 e. The highest BCUT2D eigenvalue weighted by Crippen LogP contribution is 2.31. The van der Waals surface area contributed by atoms with E-state index < -0.39 is 16.8 Å². The van der Waals surface area contributed by atoms with Crippen LogP contribution < -0.4 is 0 Å². The predicted molar refractivity (Wildman–Crippen MR) is 102 cm³/mol. The van der Waals surface area contributed by atoms with Crippen LogP contribution in [0, 0.1) is 0 Å². The highest BCUT2D eigenvalue weighted by atomic mass is 16.3. The molecular weight excluding hydrogens is 328 g/mol. The summed E-state index contributed by atoms with van der Waals surface area (Å²) in [5.74, 6) is -0.216. The Morgan fingerprint density at radius 3 is 1.58 bits per heavy atom. The molecular formula is C22H28O4. The summed E-state index contributed by atoms with van der Waals surface area (Å²) < 4.78 is 0. The molecule has 0 unspecified atom stereocenters. The molecule has 26 heavy (non-hydrogen) atoms. The van der Waals surface area contributed by atoms with Crippen molar-refractivity contribution in [2.24, 2.45) is 0 Å². The quantitative estimate of drug-likeness (QED) is 0.715. The molecule has 0 atom stereocenters. The van der Waals surface area contributed by atoms with E-state index >= 15 is 0 Å². The average molecular weight is 356 g/mol. The Kier molecular flexibility index (Phi) is 5.17. The number of aliphatic hydroxyl groups is 3. The minimum absolute atomic E-state index is 0.216. The molecule has 0 heterocycles. The Hall–Kier alpha value is -2.01. The third kappa shape index (κ3) is 4.39. The molecule has 140 valence electrons. The zero-order valence-corrected chi connectivity index (χ0v) is 16.3. The molecule has 4 nitrogen and oxygen atoms in total. The van der Waals surface area contributed by atoms with Crippen LogP contribution in [-0.4, -0.2) is 21.1 Å². The number of benzene rings is 2. The normalized spacial score (nSPS) is 13.0. The lowest BCUT2D eigenvalue weighted by atomic mass is 9.85. The zero-order valence-electron chi connectivity index (χ0n) is 16.3. The molecule has 0 aromatic heterocycles. The maximum Gasteiger partial charge on any atom is 0.193 e. The van der Waals surface area contributed by atoms with Crippen molar-refractivity contribution in [1.82, 2.24) is 0 Å². The molecule has 0 radical (unpaired) electrons. The van der Waals surface area contributed by atoms with E-state index in [0.29, 0.717) is 27.8 Å². The van der Waals surface area contributed by atoms with Crippen LogP contribution in [-0.2, 0) is 16.8 Å². The van der Waals surface area contributed by atoms with Crippen molar-refractivity contribution in [2.45, 2.75) is 58.3 Å². The minimum Gasteiger partial charge on any atom is -0.386 e. The van der Waals surface area contributed by atoms with Gasteiger partial charge in [-0.3, -0.25) is 4.79 Å². The summed E-state index contributed by atoms with van der Waals surface area (Å²) in [5.41, 5.74) is -0.615. The monoisotopic (exact) mass is 356 g/mol. The van der Waals surface area contributed by atoms with Crippen molar-refractivity contribution in [1.29, 1.82) is 0 Å². The summed E-state index contributed by atoms with van der Waals surface area (Å²) in [7, 11) is 0. The number of rotatable bonds is 5. The maximum absolute atomic E-state index is 13.0. The number of hydrogen-bond donors (Lipinski definition) is 3. The lowest BCUT2D eigenvalue weighted by Gasteiger charge is -2.25. The second kappa shape index (κ2) is 6.62. The summed E-state index contributed by atoms with van der Waals surface area (Å²) in [5, 5.41) is 30.8. The van der Waals surface area contributed by atoms with E-state index in [1.54, 1.807) is 84.0 Å². The third-order valence-corrected chi connectivity index (χ3v) is 4.48. The summed E-state index contributed by atoms with van der Waals surface area (Å²) >= 11 is 0. The predicted octanol–water partition coefficient (Wildman–Crippen LogP) is 3.60. The van der Waals surface area contributed by atoms with Gasteiger partial charge in [-0.15, -0.1) is 0 Å². The van der Waals surface area contributed by atoms with Gasteiger partial charge in [-0.05, 0) is 64.3 Å². The topological polar surface area (TPSA) is 77.8 Å². The molecule has 0 saturated carbocycles. The Balaban J connectivity index is 2.52. The Morgan fingerprint density at radius 2 is 1.15 bits per heavy atom. The molecule has 0 amide bonds. The van der Waals surface area contributed by atoms with Crippen molar-refractivity contribution in [3.8, 4) is 0 Å². The van der Waals surface area contributed by atoms with Gasteiger partial charge in [0.25, 0.3) is 0 Å². The summed E-state index contributed by atoms with van der Waals surface area (Å²) in [6.45, 7) is 9.92. The second-order valence-corrected chi connectivity index (χ2v) is 8.34. The molecule has 0 aliphatic heterocycles. The molecule has 2 aromatic rings. The van der Waals surface area contributed by atoms with Crippen LogP contribution in [0.15, 0.2) is 42.5 Å². The number of hydrogen-bond acceptors (Lipinski definition) is 4. The molecule has 2 rings (SSSR count). The van der Waals surface area contributed by atoms with Crippen LogP contribution in [0.3, 0.4) is 0 Å². The molecule has 3 N–H and O–H groups in total. The molecule has 0 bridgehead atoms. The molecule has 0 fully saturated rings. The first kappa shape index (κ1) is 20.3. The second-order valence-electron chi connectivity index (χ2n) is 8.34. The summed E-state index contributed by atoms with van der Waals surface area (Å²) in [6.07, 6.45) is 0. The molecule has 2 aromatic carbocycles. The lowest BCUT2D eigenvalue weighted by molar-refractivity contribution is 0.0701. The molecule has 0 saturated heterocycles. The SMILES string of the molecule is CC(C)(O)c1ccc(C(=O)c2ccc(C(C)(C)O)cc2C(C)(C)O)cc1. The van der Waals surface area contributed by atoms with E-state index in [-0.39, 0.29) is 5.78 Å². The van der Waals surface area contributed by atoms with Gasteiger partial charge in [0.05, 0.1) is 16.8 Å². The van der Waals surface area contributed by atoms with Crippen LogP contribution >= 0.6 is 0 Å². The van der Waals surface area contributed by atoms with Crippen LogP contribution in [0.5, 0.6) is 0 Å². The van der Waals surface area contributed by atoms with Crippen molar-refractivity contribution >= 4 is 5.78 Å². The van der Waals surface area contributed by atoms with Gasteiger partial charge in [-0.1, -0.05) is 36.4 Å². The number of carbonyl (C=O) groups is 1. The average Bonchev–Trinajstić information content (AvgIpc) is 2.51. The zero-order chi connectivity index (χ0) is 19.9. The fourth-order valence-electron chi connectivity index (χ4n) is 2.81. The first-order valence-electron chi connectivity index (χ1n) is 8.68. The van der Waals surface area contributed by atoms with Crippen LogP contribution in [0.1, 0.15) is 74.2 Å². The van der Waals surface area contributed by atoms with Crippen molar-refractivity contribution in [3.05, 3.63) is 70.3 Å². The molecule has 0 spiro atoms. The van der Waals surface area contributed by atoms with E-state index in [1.807, 2.05) is 0 Å². The lowest BCUT2D eigenvalue weighted by Crippen LogP contribution is -2.23. The van der Waals surface area contributed by atoms with Gasteiger partial charge < -0.3 is 15.3 Å². The first-order chi connectivity index (χ1) is 11.7. The number of carbonyl (C=O) groups excluding carboxylic acids is 1. The van der Waals surface area contributed by atoms with Gasteiger partial charge in [0.1, 0.15) is 0 Å². The van der Waals surface area contributed by atoms with Gasteiger partial charge in [0.2, 0.25) is 0 Å². The summed E-state index contributed by atoms with van der Waals surface area (Å²) in [6, 6.07) is 11.8. The third-order valence-electron chi connectivity index (χ3n) is 4.48. The first-order valence-corrected chi connectivity index (χ1v) is 8.68. The van der Waals surface area contributed by atoms with Crippen molar-refractivity contribution in [3.63, 3.8) is 0 Å². The molecule has 4 heteroatoms. The fraction of sp³-hybridized carbons (Fsp3) is 0.409. The highest BCUT2D eigenvalue weighted by Gasteiger charge is 2.27. The Labute approximate surface area is 155 Å². The molecule has 0 aliphatic rings. The standard InChI is InChI=1S/C22H28O4/c1-20(2,24)15-9-7-14(8-10-15)19(23)17-12-11-16(21(3,4)25)13-18(17)22(5,6)26/h7-13,24-26H,1-6H3. The van der Waals surface area contributed by atoms with E-state index in [9.17, 15) is 20.1 Å². The maximum atomic E-state index is 13.0. The van der Waals surface area contributed by atoms with Gasteiger partial charge in [0, 0.05) is 11.1 Å². The smallest absolute Gasteiger partial charge is 0.193 e. The van der Waals surface area contributed by atoms with Gasteiger partial charge in [-0.25, -0.2) is 0 Å². The fourth-order valence-corrected chi connectivity index (χ4v) is 2.81. The van der Waals surface area contributed by atoms with E-state index in [1.165, 1.54) is 0 Å². The van der Waals surface area contributed by atoms with Gasteiger partial charge in [0.15, 0.2) is 5.78 Å². The van der Waals surface area contributed by atoms with E-state index in [2.05, 4.69) is 0 Å². The summed E-state index contributed by atoms with van der Waals surface area (Å²) in [4.78, 5) is 13.0. The van der Waals surface area contributed by atoms with E-state index in [0.717, 1.165) is 0 Å². The Bertz CT molecular complexity index is 798. The van der Waals surface area contributed by atoms with Crippen LogP contribution in [0.4, 0.5) is 0 Å². The minimum atomic E-state index is -1.24.